The summed E-state index contributed by atoms with van der Waals surface area (Å²) in [6.45, 7) is 0. The molecular weight excluding hydrogens is 374 g/mol. The monoisotopic (exact) mass is 405 g/mol. The van der Waals surface area contributed by atoms with Gasteiger partial charge in [-0.3, -0.25) is 4.79 Å². The van der Waals surface area contributed by atoms with E-state index >= 15 is 0 Å². The maximum absolute atomic E-state index is 13.8. The van der Waals surface area contributed by atoms with Crippen LogP contribution >= 0.6 is 0 Å². The molecule has 4 rings (SSSR count). The first-order valence-corrected chi connectivity index (χ1v) is 11.4. The van der Waals surface area contributed by atoms with Crippen LogP contribution in [-0.4, -0.2) is 28.9 Å². The van der Waals surface area contributed by atoms with Crippen molar-refractivity contribution < 1.29 is 14.3 Å². The molecule has 2 saturated carbocycles. The predicted molar refractivity (Wildman–Crippen MR) is 118 cm³/mol. The van der Waals surface area contributed by atoms with Gasteiger partial charge in [-0.05, 0) is 49.9 Å². The van der Waals surface area contributed by atoms with E-state index < -0.39 is 5.97 Å². The highest BCUT2D eigenvalue weighted by molar-refractivity contribution is 6.06. The average Bonchev–Trinajstić information content (AvgIpc) is 2.81. The number of para-hydroxylation sites is 1. The van der Waals surface area contributed by atoms with Crippen LogP contribution < -0.4 is 4.74 Å². The number of benzene rings is 2. The normalized spacial score (nSPS) is 18.0. The first-order chi connectivity index (χ1) is 14.7. The zero-order chi connectivity index (χ0) is 20.8. The fourth-order valence-electron chi connectivity index (χ4n) is 4.99. The molecule has 0 heterocycles. The van der Waals surface area contributed by atoms with Crippen molar-refractivity contribution in [2.24, 2.45) is 0 Å². The highest BCUT2D eigenvalue weighted by Gasteiger charge is 2.34. The van der Waals surface area contributed by atoms with E-state index in [2.05, 4.69) is 4.90 Å². The minimum absolute atomic E-state index is 0.00517. The third kappa shape index (κ3) is 4.75. The molecule has 158 valence electrons. The SMILES string of the molecule is O=C(Oc1ccccc1)c1ccccc1C(=O)N(C1CCCCC1)C1CCCCC1. The summed E-state index contributed by atoms with van der Waals surface area (Å²) < 4.78 is 5.55. The molecule has 0 atom stereocenters. The molecule has 0 saturated heterocycles. The molecule has 30 heavy (non-hydrogen) atoms. The zero-order valence-corrected chi connectivity index (χ0v) is 17.6. The van der Waals surface area contributed by atoms with Crippen molar-refractivity contribution in [3.8, 4) is 5.75 Å². The van der Waals surface area contributed by atoms with Crippen molar-refractivity contribution in [1.82, 2.24) is 4.90 Å². The van der Waals surface area contributed by atoms with E-state index in [1.165, 1.54) is 38.5 Å². The Hall–Kier alpha value is -2.62. The molecule has 2 fully saturated rings. The maximum Gasteiger partial charge on any atom is 0.344 e. The second-order valence-electron chi connectivity index (χ2n) is 8.54. The third-order valence-corrected chi connectivity index (χ3v) is 6.50. The summed E-state index contributed by atoms with van der Waals surface area (Å²) in [5, 5.41) is 0. The smallest absolute Gasteiger partial charge is 0.344 e. The van der Waals surface area contributed by atoms with E-state index in [9.17, 15) is 9.59 Å². The summed E-state index contributed by atoms with van der Waals surface area (Å²) in [6.07, 6.45) is 11.5. The number of hydrogen-bond donors (Lipinski definition) is 0. The maximum atomic E-state index is 13.8. The molecule has 2 aliphatic rings. The first-order valence-electron chi connectivity index (χ1n) is 11.4. The quantitative estimate of drug-likeness (QED) is 0.452. The number of esters is 1. The molecule has 0 radical (unpaired) electrons. The lowest BCUT2D eigenvalue weighted by Crippen LogP contribution is -2.49. The van der Waals surface area contributed by atoms with E-state index in [1.54, 1.807) is 30.3 Å². The summed E-state index contributed by atoms with van der Waals surface area (Å²) in [5.74, 6) is 0.00738. The van der Waals surface area contributed by atoms with E-state index in [0.717, 1.165) is 25.7 Å². The molecule has 0 unspecified atom stereocenters. The van der Waals surface area contributed by atoms with Gasteiger partial charge < -0.3 is 9.64 Å². The molecule has 4 nitrogen and oxygen atoms in total. The molecule has 2 aliphatic carbocycles. The number of hydrogen-bond acceptors (Lipinski definition) is 3. The average molecular weight is 406 g/mol. The van der Waals surface area contributed by atoms with Crippen molar-refractivity contribution in [3.63, 3.8) is 0 Å². The Bertz CT molecular complexity index is 834. The van der Waals surface area contributed by atoms with Crippen LogP contribution in [0.4, 0.5) is 0 Å². The van der Waals surface area contributed by atoms with Gasteiger partial charge in [-0.15, -0.1) is 0 Å². The van der Waals surface area contributed by atoms with Crippen molar-refractivity contribution in [1.29, 1.82) is 0 Å². The van der Waals surface area contributed by atoms with Crippen molar-refractivity contribution in [2.75, 3.05) is 0 Å². The van der Waals surface area contributed by atoms with Crippen LogP contribution in [-0.2, 0) is 0 Å². The minimum atomic E-state index is -0.475. The number of carbonyl (C=O) groups excluding carboxylic acids is 2. The number of amides is 1. The van der Waals surface area contributed by atoms with Crippen LogP contribution in [0.5, 0.6) is 5.75 Å². The molecule has 2 aromatic rings. The number of nitrogens with zero attached hydrogens (tertiary/aromatic N) is 1. The van der Waals surface area contributed by atoms with Crippen LogP contribution in [0.15, 0.2) is 54.6 Å². The molecular formula is C26H31NO3. The summed E-state index contributed by atoms with van der Waals surface area (Å²) in [4.78, 5) is 28.9. The van der Waals surface area contributed by atoms with Crippen LogP contribution in [0.2, 0.25) is 0 Å². The Labute approximate surface area is 179 Å². The van der Waals surface area contributed by atoms with Gasteiger partial charge in [0, 0.05) is 12.1 Å². The summed E-state index contributed by atoms with van der Waals surface area (Å²) in [7, 11) is 0. The van der Waals surface area contributed by atoms with Gasteiger partial charge in [0.2, 0.25) is 0 Å². The Balaban J connectivity index is 1.62. The topological polar surface area (TPSA) is 46.6 Å². The fourth-order valence-corrected chi connectivity index (χ4v) is 4.99. The van der Waals surface area contributed by atoms with Crippen molar-refractivity contribution in [2.45, 2.75) is 76.3 Å². The lowest BCUT2D eigenvalue weighted by Gasteiger charge is -2.42. The van der Waals surface area contributed by atoms with Gasteiger partial charge in [-0.2, -0.15) is 0 Å². The van der Waals surface area contributed by atoms with E-state index in [1.807, 2.05) is 24.3 Å². The van der Waals surface area contributed by atoms with E-state index in [-0.39, 0.29) is 18.0 Å². The van der Waals surface area contributed by atoms with Crippen molar-refractivity contribution in [3.05, 3.63) is 65.7 Å². The molecule has 0 N–H and O–H groups in total. The third-order valence-electron chi connectivity index (χ3n) is 6.50. The van der Waals surface area contributed by atoms with Gasteiger partial charge in [0.05, 0.1) is 11.1 Å². The number of ether oxygens (including phenoxy) is 1. The number of carbonyl (C=O) groups is 2. The standard InChI is InChI=1S/C26H31NO3/c28-25(27(20-12-4-1-5-13-20)21-14-6-2-7-15-21)23-18-10-11-19-24(23)26(29)30-22-16-8-3-9-17-22/h3,8-11,16-21H,1-2,4-7,12-15H2. The predicted octanol–water partition coefficient (Wildman–Crippen LogP) is 6.01. The molecule has 0 aromatic heterocycles. The Morgan fingerprint density at radius 1 is 0.667 bits per heavy atom. The van der Waals surface area contributed by atoms with Crippen LogP contribution in [0.3, 0.4) is 0 Å². The lowest BCUT2D eigenvalue weighted by molar-refractivity contribution is 0.0442. The Kier molecular flexibility index (Phi) is 6.83. The van der Waals surface area contributed by atoms with Gasteiger partial charge in [0.1, 0.15) is 5.75 Å². The second-order valence-corrected chi connectivity index (χ2v) is 8.54. The Morgan fingerprint density at radius 3 is 1.73 bits per heavy atom. The molecule has 0 bridgehead atoms. The second kappa shape index (κ2) is 9.92. The first kappa shape index (κ1) is 20.6. The molecule has 1 amide bonds. The Morgan fingerprint density at radius 2 is 1.17 bits per heavy atom. The minimum Gasteiger partial charge on any atom is -0.423 e. The summed E-state index contributed by atoms with van der Waals surface area (Å²) >= 11 is 0. The van der Waals surface area contributed by atoms with Crippen LogP contribution in [0, 0.1) is 0 Å². The van der Waals surface area contributed by atoms with E-state index in [0.29, 0.717) is 16.9 Å². The summed E-state index contributed by atoms with van der Waals surface area (Å²) in [5.41, 5.74) is 0.817. The van der Waals surface area contributed by atoms with Crippen molar-refractivity contribution >= 4 is 11.9 Å². The highest BCUT2D eigenvalue weighted by Crippen LogP contribution is 2.32. The van der Waals surface area contributed by atoms with Gasteiger partial charge in [-0.1, -0.05) is 68.9 Å². The number of rotatable bonds is 5. The molecule has 0 spiro atoms. The van der Waals surface area contributed by atoms with Gasteiger partial charge >= 0.3 is 5.97 Å². The van der Waals surface area contributed by atoms with Gasteiger partial charge in [0.15, 0.2) is 0 Å². The van der Waals surface area contributed by atoms with Gasteiger partial charge in [-0.25, -0.2) is 4.79 Å². The zero-order valence-electron chi connectivity index (χ0n) is 17.6. The molecule has 4 heteroatoms. The largest absolute Gasteiger partial charge is 0.423 e. The fraction of sp³-hybridized carbons (Fsp3) is 0.462. The summed E-state index contributed by atoms with van der Waals surface area (Å²) in [6, 6.07) is 16.7. The van der Waals surface area contributed by atoms with Crippen LogP contribution in [0.25, 0.3) is 0 Å². The van der Waals surface area contributed by atoms with Gasteiger partial charge in [0.25, 0.3) is 5.91 Å². The molecule has 2 aromatic carbocycles. The van der Waals surface area contributed by atoms with E-state index in [4.69, 9.17) is 4.74 Å². The van der Waals surface area contributed by atoms with Crippen LogP contribution in [0.1, 0.15) is 84.9 Å². The molecule has 0 aliphatic heterocycles. The lowest BCUT2D eigenvalue weighted by atomic mass is 9.87. The highest BCUT2D eigenvalue weighted by atomic mass is 16.5.